The maximum absolute atomic E-state index is 13.0. The van der Waals surface area contributed by atoms with Gasteiger partial charge in [-0.1, -0.05) is 0 Å². The fourth-order valence-electron chi connectivity index (χ4n) is 2.86. The minimum absolute atomic E-state index is 0.216. The molecule has 3 aromatic rings. The van der Waals surface area contributed by atoms with Crippen molar-refractivity contribution in [3.05, 3.63) is 48.2 Å². The molecule has 3 rings (SSSR count). The van der Waals surface area contributed by atoms with E-state index in [9.17, 15) is 4.79 Å². The molecule has 0 aliphatic carbocycles. The standard InChI is InChI=1S/C21H25N5O3/c1-13-10-22-14(2)19(24-13)15-11-23-26(12-15)21(3,4)20(27)25-16-7-8-17(28-5)18(9-16)29-6/h7-12H,1-6H3,(H,25,27). The molecule has 0 unspecified atom stereocenters. The summed E-state index contributed by atoms with van der Waals surface area (Å²) in [6.45, 7) is 7.39. The Hall–Kier alpha value is -3.42. The van der Waals surface area contributed by atoms with Crippen molar-refractivity contribution in [2.75, 3.05) is 19.5 Å². The van der Waals surface area contributed by atoms with Gasteiger partial charge in [-0.05, 0) is 39.8 Å². The van der Waals surface area contributed by atoms with Crippen LogP contribution in [0.15, 0.2) is 36.8 Å². The Kier molecular flexibility index (Phi) is 5.54. The number of aromatic nitrogens is 4. The normalized spacial score (nSPS) is 11.2. The molecule has 8 nitrogen and oxygen atoms in total. The predicted octanol–water partition coefficient (Wildman–Crippen LogP) is 3.35. The smallest absolute Gasteiger partial charge is 0.251 e. The summed E-state index contributed by atoms with van der Waals surface area (Å²) in [4.78, 5) is 21.9. The maximum atomic E-state index is 13.0. The van der Waals surface area contributed by atoms with Gasteiger partial charge in [0.1, 0.15) is 5.54 Å². The Morgan fingerprint density at radius 2 is 1.83 bits per heavy atom. The van der Waals surface area contributed by atoms with Crippen molar-refractivity contribution in [2.24, 2.45) is 0 Å². The van der Waals surface area contributed by atoms with Crippen LogP contribution in [0.2, 0.25) is 0 Å². The van der Waals surface area contributed by atoms with Gasteiger partial charge in [0.25, 0.3) is 5.91 Å². The Balaban J connectivity index is 1.84. The molecule has 1 N–H and O–H groups in total. The average Bonchev–Trinajstić information content (AvgIpc) is 3.20. The SMILES string of the molecule is COc1ccc(NC(=O)C(C)(C)n2cc(-c3nc(C)cnc3C)cn2)cc1OC. The summed E-state index contributed by atoms with van der Waals surface area (Å²) in [5, 5.41) is 7.32. The van der Waals surface area contributed by atoms with Crippen LogP contribution in [0.3, 0.4) is 0 Å². The lowest BCUT2D eigenvalue weighted by atomic mass is 10.0. The number of carbonyl (C=O) groups is 1. The molecule has 1 aromatic carbocycles. The van der Waals surface area contributed by atoms with Crippen LogP contribution in [0.5, 0.6) is 11.5 Å². The van der Waals surface area contributed by atoms with E-state index < -0.39 is 5.54 Å². The molecule has 0 fully saturated rings. The van der Waals surface area contributed by atoms with E-state index in [0.717, 1.165) is 22.6 Å². The Bertz CT molecular complexity index is 1040. The van der Waals surface area contributed by atoms with Crippen molar-refractivity contribution in [1.29, 1.82) is 0 Å². The zero-order chi connectivity index (χ0) is 21.2. The van der Waals surface area contributed by atoms with E-state index in [1.165, 1.54) is 0 Å². The molecule has 29 heavy (non-hydrogen) atoms. The second-order valence-corrected chi connectivity index (χ2v) is 7.20. The Morgan fingerprint density at radius 3 is 2.52 bits per heavy atom. The molecule has 152 valence electrons. The third-order valence-corrected chi connectivity index (χ3v) is 4.70. The number of hydrogen-bond donors (Lipinski definition) is 1. The van der Waals surface area contributed by atoms with Crippen molar-refractivity contribution in [3.8, 4) is 22.8 Å². The van der Waals surface area contributed by atoms with Gasteiger partial charge in [0.2, 0.25) is 0 Å². The van der Waals surface area contributed by atoms with E-state index in [2.05, 4.69) is 20.4 Å². The molecule has 8 heteroatoms. The van der Waals surface area contributed by atoms with Gasteiger partial charge in [0, 0.05) is 29.7 Å². The number of amides is 1. The number of carbonyl (C=O) groups excluding carboxylic acids is 1. The number of anilines is 1. The number of nitrogens with zero attached hydrogens (tertiary/aromatic N) is 4. The third kappa shape index (κ3) is 4.06. The molecule has 0 radical (unpaired) electrons. The molecule has 2 aromatic heterocycles. The lowest BCUT2D eigenvalue weighted by Gasteiger charge is -2.24. The average molecular weight is 395 g/mol. The Morgan fingerprint density at radius 1 is 1.10 bits per heavy atom. The van der Waals surface area contributed by atoms with Crippen LogP contribution in [0.1, 0.15) is 25.2 Å². The fourth-order valence-corrected chi connectivity index (χ4v) is 2.86. The topological polar surface area (TPSA) is 91.2 Å². The first-order chi connectivity index (χ1) is 13.8. The van der Waals surface area contributed by atoms with Crippen molar-refractivity contribution in [3.63, 3.8) is 0 Å². The van der Waals surface area contributed by atoms with E-state index in [1.807, 2.05) is 20.0 Å². The van der Waals surface area contributed by atoms with E-state index in [1.54, 1.807) is 63.3 Å². The van der Waals surface area contributed by atoms with Crippen molar-refractivity contribution in [1.82, 2.24) is 19.7 Å². The second-order valence-electron chi connectivity index (χ2n) is 7.20. The highest BCUT2D eigenvalue weighted by molar-refractivity contribution is 5.96. The first-order valence-corrected chi connectivity index (χ1v) is 9.15. The predicted molar refractivity (Wildman–Crippen MR) is 110 cm³/mol. The minimum atomic E-state index is -0.934. The quantitative estimate of drug-likeness (QED) is 0.688. The highest BCUT2D eigenvalue weighted by Crippen LogP contribution is 2.30. The zero-order valence-electron chi connectivity index (χ0n) is 17.5. The summed E-state index contributed by atoms with van der Waals surface area (Å²) >= 11 is 0. The van der Waals surface area contributed by atoms with Crippen LogP contribution in [0, 0.1) is 13.8 Å². The van der Waals surface area contributed by atoms with Crippen LogP contribution in [0.4, 0.5) is 5.69 Å². The summed E-state index contributed by atoms with van der Waals surface area (Å²) < 4.78 is 12.2. The monoisotopic (exact) mass is 395 g/mol. The van der Waals surface area contributed by atoms with E-state index in [-0.39, 0.29) is 5.91 Å². The number of benzene rings is 1. The fraction of sp³-hybridized carbons (Fsp3) is 0.333. The van der Waals surface area contributed by atoms with E-state index in [4.69, 9.17) is 9.47 Å². The highest BCUT2D eigenvalue weighted by Gasteiger charge is 2.31. The molecule has 0 saturated carbocycles. The zero-order valence-corrected chi connectivity index (χ0v) is 17.5. The van der Waals surface area contributed by atoms with Crippen molar-refractivity contribution < 1.29 is 14.3 Å². The van der Waals surface area contributed by atoms with Crippen LogP contribution >= 0.6 is 0 Å². The van der Waals surface area contributed by atoms with Crippen molar-refractivity contribution in [2.45, 2.75) is 33.2 Å². The van der Waals surface area contributed by atoms with Crippen molar-refractivity contribution >= 4 is 11.6 Å². The molecule has 0 spiro atoms. The number of hydrogen-bond acceptors (Lipinski definition) is 6. The minimum Gasteiger partial charge on any atom is -0.493 e. The lowest BCUT2D eigenvalue weighted by molar-refractivity contribution is -0.123. The van der Waals surface area contributed by atoms with Gasteiger partial charge in [-0.3, -0.25) is 14.5 Å². The van der Waals surface area contributed by atoms with Gasteiger partial charge in [0.05, 0.1) is 37.5 Å². The molecular formula is C21H25N5O3. The summed E-state index contributed by atoms with van der Waals surface area (Å²) in [6.07, 6.45) is 5.23. The van der Waals surface area contributed by atoms with Gasteiger partial charge in [-0.25, -0.2) is 4.98 Å². The summed E-state index contributed by atoms with van der Waals surface area (Å²) in [7, 11) is 3.11. The van der Waals surface area contributed by atoms with Crippen LogP contribution in [-0.4, -0.2) is 39.9 Å². The number of ether oxygens (including phenoxy) is 2. The summed E-state index contributed by atoms with van der Waals surface area (Å²) in [5.41, 5.74) is 2.87. The molecule has 0 atom stereocenters. The first-order valence-electron chi connectivity index (χ1n) is 9.15. The lowest BCUT2D eigenvalue weighted by Crippen LogP contribution is -2.40. The number of rotatable bonds is 6. The Labute approximate surface area is 169 Å². The summed E-state index contributed by atoms with van der Waals surface area (Å²) in [5.74, 6) is 0.917. The van der Waals surface area contributed by atoms with Gasteiger partial charge in [-0.15, -0.1) is 0 Å². The first kappa shape index (κ1) is 20.3. The van der Waals surface area contributed by atoms with E-state index in [0.29, 0.717) is 17.2 Å². The number of methoxy groups -OCH3 is 2. The summed E-state index contributed by atoms with van der Waals surface area (Å²) in [6, 6.07) is 5.22. The third-order valence-electron chi connectivity index (χ3n) is 4.70. The number of nitrogens with one attached hydrogen (secondary N) is 1. The molecule has 1 amide bonds. The van der Waals surface area contributed by atoms with Gasteiger partial charge in [0.15, 0.2) is 11.5 Å². The van der Waals surface area contributed by atoms with Crippen LogP contribution in [-0.2, 0) is 10.3 Å². The molecule has 0 bridgehead atoms. The number of aryl methyl sites for hydroxylation is 2. The van der Waals surface area contributed by atoms with Gasteiger partial charge in [-0.2, -0.15) is 5.10 Å². The molecular weight excluding hydrogens is 370 g/mol. The van der Waals surface area contributed by atoms with Crippen LogP contribution < -0.4 is 14.8 Å². The molecule has 0 saturated heterocycles. The molecule has 0 aliphatic rings. The molecule has 0 aliphatic heterocycles. The van der Waals surface area contributed by atoms with Crippen LogP contribution in [0.25, 0.3) is 11.3 Å². The van der Waals surface area contributed by atoms with E-state index >= 15 is 0 Å². The highest BCUT2D eigenvalue weighted by atomic mass is 16.5. The largest absolute Gasteiger partial charge is 0.493 e. The maximum Gasteiger partial charge on any atom is 0.251 e. The van der Waals surface area contributed by atoms with Gasteiger partial charge >= 0.3 is 0 Å². The molecule has 2 heterocycles. The second kappa shape index (κ2) is 7.90. The van der Waals surface area contributed by atoms with Gasteiger partial charge < -0.3 is 14.8 Å².